The Hall–Kier alpha value is -1.51. The summed E-state index contributed by atoms with van der Waals surface area (Å²) in [5.74, 6) is 1.53. The van der Waals surface area contributed by atoms with Crippen molar-refractivity contribution in [1.82, 2.24) is 0 Å². The number of aryl methyl sites for hydroxylation is 3. The van der Waals surface area contributed by atoms with E-state index in [-0.39, 0.29) is 5.97 Å². The summed E-state index contributed by atoms with van der Waals surface area (Å²) in [6, 6.07) is 4.29. The molecule has 0 saturated carbocycles. The van der Waals surface area contributed by atoms with Gasteiger partial charge in [-0.2, -0.15) is 0 Å². The summed E-state index contributed by atoms with van der Waals surface area (Å²) in [4.78, 5) is 11.5. The number of benzene rings is 1. The van der Waals surface area contributed by atoms with Crippen LogP contribution in [0.25, 0.3) is 0 Å². The standard InChI is InChI=1S/C19H30O3/c1-6-17-13-16(8-9-18(20)21-7-2)12-15(5)19(17)22-11-10-14(3)4/h12-14H,6-11H2,1-5H3. The molecule has 0 atom stereocenters. The van der Waals surface area contributed by atoms with Gasteiger partial charge in [-0.1, -0.05) is 32.9 Å². The molecule has 0 saturated heterocycles. The van der Waals surface area contributed by atoms with Gasteiger partial charge in [-0.05, 0) is 55.7 Å². The third-order valence-electron chi connectivity index (χ3n) is 3.66. The quantitative estimate of drug-likeness (QED) is 0.631. The van der Waals surface area contributed by atoms with Gasteiger partial charge >= 0.3 is 5.97 Å². The Morgan fingerprint density at radius 1 is 1.23 bits per heavy atom. The van der Waals surface area contributed by atoms with E-state index in [0.717, 1.165) is 37.2 Å². The van der Waals surface area contributed by atoms with Crippen LogP contribution >= 0.6 is 0 Å². The molecular weight excluding hydrogens is 276 g/mol. The van der Waals surface area contributed by atoms with Gasteiger partial charge in [0, 0.05) is 6.42 Å². The van der Waals surface area contributed by atoms with Gasteiger partial charge in [-0.15, -0.1) is 0 Å². The molecule has 124 valence electrons. The Labute approximate surface area is 135 Å². The first-order valence-electron chi connectivity index (χ1n) is 8.38. The number of hydrogen-bond donors (Lipinski definition) is 0. The fraction of sp³-hybridized carbons (Fsp3) is 0.632. The van der Waals surface area contributed by atoms with Crippen LogP contribution in [0.15, 0.2) is 12.1 Å². The van der Waals surface area contributed by atoms with Crippen LogP contribution in [0.1, 0.15) is 57.2 Å². The first kappa shape index (κ1) is 18.5. The smallest absolute Gasteiger partial charge is 0.306 e. The molecule has 0 amide bonds. The molecule has 0 bridgehead atoms. The number of carbonyl (C=O) groups is 1. The second-order valence-corrected chi connectivity index (χ2v) is 6.09. The first-order valence-corrected chi connectivity index (χ1v) is 8.38. The van der Waals surface area contributed by atoms with E-state index in [0.29, 0.717) is 18.9 Å². The van der Waals surface area contributed by atoms with Crippen LogP contribution < -0.4 is 4.74 Å². The first-order chi connectivity index (χ1) is 10.5. The Morgan fingerprint density at radius 2 is 1.95 bits per heavy atom. The van der Waals surface area contributed by atoms with Crippen molar-refractivity contribution >= 4 is 5.97 Å². The number of rotatable bonds is 9. The number of carbonyl (C=O) groups excluding carboxylic acids is 1. The molecule has 0 spiro atoms. The van der Waals surface area contributed by atoms with Gasteiger partial charge in [0.05, 0.1) is 13.2 Å². The molecule has 0 heterocycles. The van der Waals surface area contributed by atoms with Crippen molar-refractivity contribution in [1.29, 1.82) is 0 Å². The zero-order valence-electron chi connectivity index (χ0n) is 14.7. The summed E-state index contributed by atoms with van der Waals surface area (Å²) in [6.07, 6.45) is 3.15. The summed E-state index contributed by atoms with van der Waals surface area (Å²) >= 11 is 0. The van der Waals surface area contributed by atoms with E-state index in [2.05, 4.69) is 39.8 Å². The predicted octanol–water partition coefficient (Wildman–Crippen LogP) is 4.48. The van der Waals surface area contributed by atoms with Crippen molar-refractivity contribution in [2.75, 3.05) is 13.2 Å². The summed E-state index contributed by atoms with van der Waals surface area (Å²) < 4.78 is 11.0. The Morgan fingerprint density at radius 3 is 2.55 bits per heavy atom. The molecule has 0 aromatic heterocycles. The molecule has 1 aromatic rings. The van der Waals surface area contributed by atoms with E-state index < -0.39 is 0 Å². The zero-order valence-corrected chi connectivity index (χ0v) is 14.7. The molecule has 0 unspecified atom stereocenters. The second kappa shape index (κ2) is 9.50. The van der Waals surface area contributed by atoms with Gasteiger partial charge in [-0.25, -0.2) is 0 Å². The lowest BCUT2D eigenvalue weighted by atomic mass is 10.00. The molecule has 1 rings (SSSR count). The second-order valence-electron chi connectivity index (χ2n) is 6.09. The van der Waals surface area contributed by atoms with Gasteiger partial charge in [-0.3, -0.25) is 4.79 Å². The topological polar surface area (TPSA) is 35.5 Å². The Balaban J connectivity index is 2.74. The minimum atomic E-state index is -0.129. The Bertz CT molecular complexity index is 478. The number of esters is 1. The predicted molar refractivity (Wildman–Crippen MR) is 90.5 cm³/mol. The van der Waals surface area contributed by atoms with E-state index in [4.69, 9.17) is 9.47 Å². The highest BCUT2D eigenvalue weighted by Crippen LogP contribution is 2.27. The zero-order chi connectivity index (χ0) is 16.5. The van der Waals surface area contributed by atoms with E-state index in [1.54, 1.807) is 0 Å². The summed E-state index contributed by atoms with van der Waals surface area (Å²) in [5.41, 5.74) is 3.56. The van der Waals surface area contributed by atoms with Crippen LogP contribution in [0.4, 0.5) is 0 Å². The van der Waals surface area contributed by atoms with Crippen LogP contribution in [0.2, 0.25) is 0 Å². The summed E-state index contributed by atoms with van der Waals surface area (Å²) in [6.45, 7) is 11.7. The monoisotopic (exact) mass is 306 g/mol. The van der Waals surface area contributed by atoms with Crippen LogP contribution in [-0.4, -0.2) is 19.2 Å². The lowest BCUT2D eigenvalue weighted by Crippen LogP contribution is -2.07. The number of hydrogen-bond acceptors (Lipinski definition) is 3. The average Bonchev–Trinajstić information content (AvgIpc) is 2.46. The van der Waals surface area contributed by atoms with Gasteiger partial charge < -0.3 is 9.47 Å². The van der Waals surface area contributed by atoms with Gasteiger partial charge in [0.2, 0.25) is 0 Å². The number of ether oxygens (including phenoxy) is 2. The highest BCUT2D eigenvalue weighted by atomic mass is 16.5. The highest BCUT2D eigenvalue weighted by molar-refractivity contribution is 5.69. The van der Waals surface area contributed by atoms with Crippen molar-refractivity contribution in [3.8, 4) is 5.75 Å². The van der Waals surface area contributed by atoms with Gasteiger partial charge in [0.15, 0.2) is 0 Å². The summed E-state index contributed by atoms with van der Waals surface area (Å²) in [7, 11) is 0. The molecule has 0 fully saturated rings. The molecule has 1 aromatic carbocycles. The fourth-order valence-corrected chi connectivity index (χ4v) is 2.42. The van der Waals surface area contributed by atoms with E-state index >= 15 is 0 Å². The molecule has 0 N–H and O–H groups in total. The van der Waals surface area contributed by atoms with Crippen LogP contribution in [0.5, 0.6) is 5.75 Å². The SMILES string of the molecule is CCOC(=O)CCc1cc(C)c(OCCC(C)C)c(CC)c1. The molecule has 0 aliphatic rings. The Kier molecular flexibility index (Phi) is 8.00. The molecule has 0 radical (unpaired) electrons. The molecule has 0 aliphatic heterocycles. The maximum absolute atomic E-state index is 11.5. The van der Waals surface area contributed by atoms with Gasteiger partial charge in [0.1, 0.15) is 5.75 Å². The highest BCUT2D eigenvalue weighted by Gasteiger charge is 2.10. The van der Waals surface area contributed by atoms with Gasteiger partial charge in [0.25, 0.3) is 0 Å². The third-order valence-corrected chi connectivity index (χ3v) is 3.66. The molecule has 0 aliphatic carbocycles. The van der Waals surface area contributed by atoms with Crippen molar-refractivity contribution in [2.45, 2.75) is 60.3 Å². The van der Waals surface area contributed by atoms with Crippen molar-refractivity contribution in [2.24, 2.45) is 5.92 Å². The van der Waals surface area contributed by atoms with Crippen molar-refractivity contribution < 1.29 is 14.3 Å². The molecule has 22 heavy (non-hydrogen) atoms. The van der Waals surface area contributed by atoms with Crippen molar-refractivity contribution in [3.63, 3.8) is 0 Å². The maximum atomic E-state index is 11.5. The van der Waals surface area contributed by atoms with E-state index in [1.165, 1.54) is 11.1 Å². The normalized spacial score (nSPS) is 10.8. The molecule has 3 heteroatoms. The molecule has 3 nitrogen and oxygen atoms in total. The van der Waals surface area contributed by atoms with Crippen LogP contribution in [0.3, 0.4) is 0 Å². The van der Waals surface area contributed by atoms with Crippen LogP contribution in [-0.2, 0) is 22.4 Å². The molecular formula is C19H30O3. The van der Waals surface area contributed by atoms with Crippen molar-refractivity contribution in [3.05, 3.63) is 28.8 Å². The third kappa shape index (κ3) is 6.08. The summed E-state index contributed by atoms with van der Waals surface area (Å²) in [5, 5.41) is 0. The lowest BCUT2D eigenvalue weighted by molar-refractivity contribution is -0.143. The van der Waals surface area contributed by atoms with E-state index in [9.17, 15) is 4.79 Å². The largest absolute Gasteiger partial charge is 0.493 e. The minimum Gasteiger partial charge on any atom is -0.493 e. The maximum Gasteiger partial charge on any atom is 0.306 e. The average molecular weight is 306 g/mol. The minimum absolute atomic E-state index is 0.129. The van der Waals surface area contributed by atoms with E-state index in [1.807, 2.05) is 6.92 Å². The van der Waals surface area contributed by atoms with Crippen LogP contribution in [0, 0.1) is 12.8 Å². The lowest BCUT2D eigenvalue weighted by Gasteiger charge is -2.16. The fourth-order valence-electron chi connectivity index (χ4n) is 2.42.